The standard InChI is InChI=1S/C27H27ClN2O2/c1-2-17-29-27(32)25(18-21-9-5-3-6-10-21)30(20-23-13-15-24(28)16-14-23)26(31)19-22-11-7-4-8-12-22/h2-16,25H,1,17-20H2,(H,29,32)/t25-/m0/s1. The Kier molecular flexibility index (Phi) is 8.64. The number of halogens is 1. The van der Waals surface area contributed by atoms with Crippen molar-refractivity contribution in [2.75, 3.05) is 6.54 Å². The van der Waals surface area contributed by atoms with Gasteiger partial charge in [-0.05, 0) is 28.8 Å². The van der Waals surface area contributed by atoms with Gasteiger partial charge in [-0.25, -0.2) is 0 Å². The maximum Gasteiger partial charge on any atom is 0.243 e. The van der Waals surface area contributed by atoms with Crippen LogP contribution in [0.5, 0.6) is 0 Å². The van der Waals surface area contributed by atoms with Crippen molar-refractivity contribution in [2.45, 2.75) is 25.4 Å². The topological polar surface area (TPSA) is 49.4 Å². The quantitative estimate of drug-likeness (QED) is 0.454. The molecule has 0 fully saturated rings. The summed E-state index contributed by atoms with van der Waals surface area (Å²) in [5.41, 5.74) is 2.80. The van der Waals surface area contributed by atoms with E-state index in [1.165, 1.54) is 0 Å². The predicted molar refractivity (Wildman–Crippen MR) is 129 cm³/mol. The highest BCUT2D eigenvalue weighted by Crippen LogP contribution is 2.18. The van der Waals surface area contributed by atoms with Crippen molar-refractivity contribution in [1.29, 1.82) is 0 Å². The SMILES string of the molecule is C=CCNC(=O)[C@H](Cc1ccccc1)N(Cc1ccc(Cl)cc1)C(=O)Cc1ccccc1. The summed E-state index contributed by atoms with van der Waals surface area (Å²) in [6, 6.07) is 26.0. The molecule has 32 heavy (non-hydrogen) atoms. The highest BCUT2D eigenvalue weighted by molar-refractivity contribution is 6.30. The van der Waals surface area contributed by atoms with E-state index in [1.807, 2.05) is 72.8 Å². The van der Waals surface area contributed by atoms with Crippen LogP contribution in [-0.2, 0) is 29.0 Å². The van der Waals surface area contributed by atoms with E-state index in [2.05, 4.69) is 11.9 Å². The first-order chi connectivity index (χ1) is 15.6. The fraction of sp³-hybridized carbons (Fsp3) is 0.185. The Morgan fingerprint density at radius 3 is 2.06 bits per heavy atom. The first-order valence-corrected chi connectivity index (χ1v) is 10.9. The fourth-order valence-corrected chi connectivity index (χ4v) is 3.63. The molecule has 0 aliphatic carbocycles. The van der Waals surface area contributed by atoms with Crippen LogP contribution in [0, 0.1) is 0 Å². The molecule has 0 saturated carbocycles. The number of rotatable bonds is 10. The number of nitrogens with zero attached hydrogens (tertiary/aromatic N) is 1. The number of carbonyl (C=O) groups excluding carboxylic acids is 2. The second-order valence-electron chi connectivity index (χ2n) is 7.55. The molecule has 1 atom stereocenters. The minimum Gasteiger partial charge on any atom is -0.351 e. The molecule has 0 radical (unpaired) electrons. The third-order valence-electron chi connectivity index (χ3n) is 5.16. The molecular weight excluding hydrogens is 420 g/mol. The summed E-state index contributed by atoms with van der Waals surface area (Å²) >= 11 is 6.04. The smallest absolute Gasteiger partial charge is 0.243 e. The maximum atomic E-state index is 13.5. The molecule has 4 nitrogen and oxygen atoms in total. The van der Waals surface area contributed by atoms with Gasteiger partial charge in [0.15, 0.2) is 0 Å². The summed E-state index contributed by atoms with van der Waals surface area (Å²) in [5.74, 6) is -0.315. The van der Waals surface area contributed by atoms with Gasteiger partial charge in [0, 0.05) is 24.5 Å². The molecule has 0 aliphatic heterocycles. The number of amides is 2. The minimum atomic E-state index is -0.663. The van der Waals surface area contributed by atoms with E-state index in [4.69, 9.17) is 11.6 Å². The zero-order chi connectivity index (χ0) is 22.8. The lowest BCUT2D eigenvalue weighted by atomic mass is 10.0. The summed E-state index contributed by atoms with van der Waals surface area (Å²) in [7, 11) is 0. The van der Waals surface area contributed by atoms with Gasteiger partial charge < -0.3 is 10.2 Å². The van der Waals surface area contributed by atoms with Gasteiger partial charge in [0.1, 0.15) is 6.04 Å². The lowest BCUT2D eigenvalue weighted by Gasteiger charge is -2.31. The highest BCUT2D eigenvalue weighted by atomic mass is 35.5. The Balaban J connectivity index is 1.93. The van der Waals surface area contributed by atoms with Crippen molar-refractivity contribution in [1.82, 2.24) is 10.2 Å². The van der Waals surface area contributed by atoms with E-state index in [0.29, 0.717) is 24.5 Å². The molecule has 0 spiro atoms. The minimum absolute atomic E-state index is 0.110. The second kappa shape index (κ2) is 11.9. The number of hydrogen-bond acceptors (Lipinski definition) is 2. The van der Waals surface area contributed by atoms with Crippen molar-refractivity contribution in [3.63, 3.8) is 0 Å². The van der Waals surface area contributed by atoms with E-state index in [0.717, 1.165) is 16.7 Å². The summed E-state index contributed by atoms with van der Waals surface area (Å²) in [5, 5.41) is 3.50. The first-order valence-electron chi connectivity index (χ1n) is 10.6. The number of carbonyl (C=O) groups is 2. The molecular formula is C27H27ClN2O2. The van der Waals surface area contributed by atoms with Crippen molar-refractivity contribution in [3.8, 4) is 0 Å². The monoisotopic (exact) mass is 446 g/mol. The molecule has 0 saturated heterocycles. The molecule has 0 aliphatic rings. The van der Waals surface area contributed by atoms with Crippen LogP contribution in [0.25, 0.3) is 0 Å². The summed E-state index contributed by atoms with van der Waals surface area (Å²) < 4.78 is 0. The van der Waals surface area contributed by atoms with E-state index in [-0.39, 0.29) is 18.2 Å². The second-order valence-corrected chi connectivity index (χ2v) is 7.99. The summed E-state index contributed by atoms with van der Waals surface area (Å²) in [6.07, 6.45) is 2.26. The zero-order valence-corrected chi connectivity index (χ0v) is 18.7. The molecule has 2 amide bonds. The summed E-state index contributed by atoms with van der Waals surface area (Å²) in [6.45, 7) is 4.33. The molecule has 0 unspecified atom stereocenters. The van der Waals surface area contributed by atoms with Crippen LogP contribution in [0.1, 0.15) is 16.7 Å². The first kappa shape index (κ1) is 23.3. The average molecular weight is 447 g/mol. The van der Waals surface area contributed by atoms with E-state index in [1.54, 1.807) is 23.1 Å². The number of nitrogens with one attached hydrogen (secondary N) is 1. The van der Waals surface area contributed by atoms with Crippen LogP contribution in [0.2, 0.25) is 5.02 Å². The van der Waals surface area contributed by atoms with Crippen LogP contribution in [0.4, 0.5) is 0 Å². The Morgan fingerprint density at radius 1 is 0.875 bits per heavy atom. The van der Waals surface area contributed by atoms with Crippen molar-refractivity contribution in [2.24, 2.45) is 0 Å². The van der Waals surface area contributed by atoms with Crippen LogP contribution in [0.3, 0.4) is 0 Å². The van der Waals surface area contributed by atoms with Crippen LogP contribution in [-0.4, -0.2) is 29.3 Å². The third-order valence-corrected chi connectivity index (χ3v) is 5.41. The molecule has 0 bridgehead atoms. The van der Waals surface area contributed by atoms with Crippen molar-refractivity contribution < 1.29 is 9.59 Å². The number of benzene rings is 3. The van der Waals surface area contributed by atoms with Gasteiger partial charge in [-0.2, -0.15) is 0 Å². The van der Waals surface area contributed by atoms with Gasteiger partial charge >= 0.3 is 0 Å². The van der Waals surface area contributed by atoms with E-state index in [9.17, 15) is 9.59 Å². The van der Waals surface area contributed by atoms with Gasteiger partial charge in [0.25, 0.3) is 0 Å². The van der Waals surface area contributed by atoms with Gasteiger partial charge in [0.05, 0.1) is 6.42 Å². The Hall–Kier alpha value is -3.37. The Labute approximate surface area is 194 Å². The molecule has 0 heterocycles. The van der Waals surface area contributed by atoms with Crippen LogP contribution in [0.15, 0.2) is 97.6 Å². The molecule has 5 heteroatoms. The summed E-state index contributed by atoms with van der Waals surface area (Å²) in [4.78, 5) is 28.3. The maximum absolute atomic E-state index is 13.5. The van der Waals surface area contributed by atoms with E-state index >= 15 is 0 Å². The van der Waals surface area contributed by atoms with Crippen LogP contribution >= 0.6 is 11.6 Å². The van der Waals surface area contributed by atoms with Gasteiger partial charge in [0.2, 0.25) is 11.8 Å². The lowest BCUT2D eigenvalue weighted by Crippen LogP contribution is -2.51. The molecule has 3 aromatic carbocycles. The molecule has 164 valence electrons. The zero-order valence-electron chi connectivity index (χ0n) is 17.9. The van der Waals surface area contributed by atoms with Gasteiger partial charge in [-0.3, -0.25) is 9.59 Å². The fourth-order valence-electron chi connectivity index (χ4n) is 3.50. The Bertz CT molecular complexity index is 1020. The predicted octanol–water partition coefficient (Wildman–Crippen LogP) is 4.82. The largest absolute Gasteiger partial charge is 0.351 e. The highest BCUT2D eigenvalue weighted by Gasteiger charge is 2.30. The van der Waals surface area contributed by atoms with E-state index < -0.39 is 6.04 Å². The lowest BCUT2D eigenvalue weighted by molar-refractivity contribution is -0.140. The van der Waals surface area contributed by atoms with Crippen molar-refractivity contribution >= 4 is 23.4 Å². The molecule has 3 aromatic rings. The third kappa shape index (κ3) is 6.82. The Morgan fingerprint density at radius 2 is 1.47 bits per heavy atom. The molecule has 3 rings (SSSR count). The van der Waals surface area contributed by atoms with Gasteiger partial charge in [-0.15, -0.1) is 6.58 Å². The molecule has 1 N–H and O–H groups in total. The molecule has 0 aromatic heterocycles. The number of hydrogen-bond donors (Lipinski definition) is 1. The van der Waals surface area contributed by atoms with Crippen LogP contribution < -0.4 is 5.32 Å². The van der Waals surface area contributed by atoms with Gasteiger partial charge in [-0.1, -0.05) is 90.5 Å². The normalized spacial score (nSPS) is 11.4. The van der Waals surface area contributed by atoms with Crippen molar-refractivity contribution in [3.05, 3.63) is 119 Å². The average Bonchev–Trinajstić information content (AvgIpc) is 2.82.